The second-order valence-corrected chi connectivity index (χ2v) is 5.34. The van der Waals surface area contributed by atoms with Gasteiger partial charge < -0.3 is 9.64 Å². The maximum absolute atomic E-state index is 12.2. The fourth-order valence-corrected chi connectivity index (χ4v) is 2.70. The molecule has 110 valence electrons. The van der Waals surface area contributed by atoms with Crippen molar-refractivity contribution in [2.24, 2.45) is 0 Å². The second-order valence-electron chi connectivity index (χ2n) is 5.34. The van der Waals surface area contributed by atoms with Crippen molar-refractivity contribution in [3.05, 3.63) is 53.9 Å². The lowest BCUT2D eigenvalue weighted by Crippen LogP contribution is -2.39. The molecule has 0 spiro atoms. The Labute approximate surface area is 123 Å². The lowest BCUT2D eigenvalue weighted by Gasteiger charge is -2.31. The summed E-state index contributed by atoms with van der Waals surface area (Å²) in [5, 5.41) is 6.98. The average molecular weight is 285 g/mol. The van der Waals surface area contributed by atoms with Crippen LogP contribution in [0.5, 0.6) is 0 Å². The molecule has 1 atom stereocenters. The number of amides is 1. The summed E-state index contributed by atoms with van der Waals surface area (Å²) in [5.41, 5.74) is 2.10. The van der Waals surface area contributed by atoms with E-state index in [1.807, 2.05) is 36.4 Å². The fraction of sp³-hybridized carbons (Fsp3) is 0.375. The molecule has 1 saturated heterocycles. The van der Waals surface area contributed by atoms with E-state index in [2.05, 4.69) is 10.2 Å². The first-order chi connectivity index (χ1) is 10.3. The number of piperidine rings is 1. The molecular formula is C16H19N3O2. The number of aromatic amines is 1. The van der Waals surface area contributed by atoms with E-state index in [9.17, 15) is 4.79 Å². The van der Waals surface area contributed by atoms with E-state index in [0.717, 1.165) is 30.6 Å². The van der Waals surface area contributed by atoms with Crippen LogP contribution in [0.2, 0.25) is 0 Å². The van der Waals surface area contributed by atoms with Gasteiger partial charge in [-0.3, -0.25) is 5.10 Å². The average Bonchev–Trinajstić information content (AvgIpc) is 3.08. The van der Waals surface area contributed by atoms with E-state index < -0.39 is 0 Å². The third kappa shape index (κ3) is 3.42. The number of carbonyl (C=O) groups is 1. The zero-order chi connectivity index (χ0) is 14.5. The molecule has 21 heavy (non-hydrogen) atoms. The fourth-order valence-electron chi connectivity index (χ4n) is 2.70. The Kier molecular flexibility index (Phi) is 4.19. The van der Waals surface area contributed by atoms with Crippen molar-refractivity contribution in [1.29, 1.82) is 0 Å². The summed E-state index contributed by atoms with van der Waals surface area (Å²) in [4.78, 5) is 14.0. The summed E-state index contributed by atoms with van der Waals surface area (Å²) < 4.78 is 5.39. The molecule has 0 aliphatic carbocycles. The Balaban J connectivity index is 1.55. The van der Waals surface area contributed by atoms with Gasteiger partial charge >= 0.3 is 6.09 Å². The third-order valence-corrected chi connectivity index (χ3v) is 3.85. The van der Waals surface area contributed by atoms with Crippen LogP contribution in [-0.2, 0) is 11.3 Å². The highest BCUT2D eigenvalue weighted by atomic mass is 16.6. The Bertz CT molecular complexity index is 568. The third-order valence-electron chi connectivity index (χ3n) is 3.85. The molecular weight excluding hydrogens is 266 g/mol. The van der Waals surface area contributed by atoms with E-state index in [-0.39, 0.29) is 6.09 Å². The van der Waals surface area contributed by atoms with Crippen LogP contribution in [0, 0.1) is 0 Å². The lowest BCUT2D eigenvalue weighted by atomic mass is 9.95. The van der Waals surface area contributed by atoms with E-state index in [1.54, 1.807) is 11.1 Å². The van der Waals surface area contributed by atoms with Crippen molar-refractivity contribution in [3.8, 4) is 0 Å². The molecule has 2 aromatic rings. The normalized spacial score (nSPS) is 18.5. The molecule has 1 amide bonds. The van der Waals surface area contributed by atoms with Crippen molar-refractivity contribution >= 4 is 6.09 Å². The van der Waals surface area contributed by atoms with E-state index in [1.165, 1.54) is 0 Å². The van der Waals surface area contributed by atoms with Crippen LogP contribution >= 0.6 is 0 Å². The Morgan fingerprint density at radius 1 is 1.33 bits per heavy atom. The largest absolute Gasteiger partial charge is 0.445 e. The smallest absolute Gasteiger partial charge is 0.410 e. The summed E-state index contributed by atoms with van der Waals surface area (Å²) in [5.74, 6) is 0.325. The SMILES string of the molecule is O=C(OCc1ccccc1)N1CCCC(c2ccn[nH]2)C1. The first kappa shape index (κ1) is 13.7. The molecule has 1 aromatic carbocycles. The van der Waals surface area contributed by atoms with E-state index >= 15 is 0 Å². The topological polar surface area (TPSA) is 58.2 Å². The van der Waals surface area contributed by atoms with Gasteiger partial charge in [-0.25, -0.2) is 4.79 Å². The summed E-state index contributed by atoms with van der Waals surface area (Å²) in [6, 6.07) is 11.7. The van der Waals surface area contributed by atoms with Gasteiger partial charge in [-0.15, -0.1) is 0 Å². The van der Waals surface area contributed by atoms with Crippen LogP contribution in [0.3, 0.4) is 0 Å². The molecule has 1 N–H and O–H groups in total. The summed E-state index contributed by atoms with van der Waals surface area (Å²) >= 11 is 0. The summed E-state index contributed by atoms with van der Waals surface area (Å²) in [7, 11) is 0. The number of hydrogen-bond donors (Lipinski definition) is 1. The minimum absolute atomic E-state index is 0.233. The van der Waals surface area contributed by atoms with Crippen molar-refractivity contribution < 1.29 is 9.53 Å². The van der Waals surface area contributed by atoms with Gasteiger partial charge in [-0.1, -0.05) is 30.3 Å². The van der Waals surface area contributed by atoms with Crippen molar-refractivity contribution in [2.45, 2.75) is 25.4 Å². The molecule has 1 aliphatic heterocycles. The van der Waals surface area contributed by atoms with Gasteiger partial charge in [0.15, 0.2) is 0 Å². The highest BCUT2D eigenvalue weighted by Gasteiger charge is 2.26. The molecule has 5 nitrogen and oxygen atoms in total. The molecule has 5 heteroatoms. The number of hydrogen-bond acceptors (Lipinski definition) is 3. The molecule has 2 heterocycles. The quantitative estimate of drug-likeness (QED) is 0.943. The zero-order valence-electron chi connectivity index (χ0n) is 11.9. The molecule has 1 fully saturated rings. The zero-order valence-corrected chi connectivity index (χ0v) is 11.9. The molecule has 1 unspecified atom stereocenters. The van der Waals surface area contributed by atoms with Crippen LogP contribution in [0.4, 0.5) is 4.79 Å². The summed E-state index contributed by atoms with van der Waals surface area (Å²) in [6.07, 6.45) is 3.58. The number of likely N-dealkylation sites (tertiary alicyclic amines) is 1. The standard InChI is InChI=1S/C16H19N3O2/c20-16(21-12-13-5-2-1-3-6-13)19-10-4-7-14(11-19)15-8-9-17-18-15/h1-3,5-6,8-9,14H,4,7,10-12H2,(H,17,18). The van der Waals surface area contributed by atoms with Gasteiger partial charge in [-0.05, 0) is 24.5 Å². The number of aromatic nitrogens is 2. The first-order valence-corrected chi connectivity index (χ1v) is 7.28. The maximum atomic E-state index is 12.2. The molecule has 3 rings (SSSR count). The van der Waals surface area contributed by atoms with Crippen LogP contribution in [0.15, 0.2) is 42.6 Å². The van der Waals surface area contributed by atoms with Gasteiger partial charge in [0, 0.05) is 30.9 Å². The van der Waals surface area contributed by atoms with E-state index in [4.69, 9.17) is 4.74 Å². The first-order valence-electron chi connectivity index (χ1n) is 7.28. The van der Waals surface area contributed by atoms with Gasteiger partial charge in [0.1, 0.15) is 6.61 Å². The second kappa shape index (κ2) is 6.43. The van der Waals surface area contributed by atoms with Crippen LogP contribution < -0.4 is 0 Å². The van der Waals surface area contributed by atoms with Gasteiger partial charge in [0.25, 0.3) is 0 Å². The molecule has 1 aliphatic rings. The predicted octanol–water partition coefficient (Wildman–Crippen LogP) is 2.93. The van der Waals surface area contributed by atoms with Crippen molar-refractivity contribution in [2.75, 3.05) is 13.1 Å². The lowest BCUT2D eigenvalue weighted by molar-refractivity contribution is 0.0856. The summed E-state index contributed by atoms with van der Waals surface area (Å²) in [6.45, 7) is 1.78. The monoisotopic (exact) mass is 285 g/mol. The number of nitrogens with zero attached hydrogens (tertiary/aromatic N) is 2. The minimum atomic E-state index is -0.233. The van der Waals surface area contributed by atoms with Crippen LogP contribution in [-0.4, -0.2) is 34.3 Å². The number of nitrogens with one attached hydrogen (secondary N) is 1. The van der Waals surface area contributed by atoms with Gasteiger partial charge in [-0.2, -0.15) is 5.10 Å². The Hall–Kier alpha value is -2.30. The maximum Gasteiger partial charge on any atom is 0.410 e. The van der Waals surface area contributed by atoms with Crippen molar-refractivity contribution in [1.82, 2.24) is 15.1 Å². The number of rotatable bonds is 3. The number of H-pyrrole nitrogens is 1. The molecule has 1 aromatic heterocycles. The molecule has 0 radical (unpaired) electrons. The van der Waals surface area contributed by atoms with E-state index in [0.29, 0.717) is 19.1 Å². The highest BCUT2D eigenvalue weighted by molar-refractivity contribution is 5.67. The number of ether oxygens (including phenoxy) is 1. The predicted molar refractivity (Wildman–Crippen MR) is 78.8 cm³/mol. The number of carbonyl (C=O) groups excluding carboxylic acids is 1. The van der Waals surface area contributed by atoms with Gasteiger partial charge in [0.2, 0.25) is 0 Å². The molecule has 0 saturated carbocycles. The van der Waals surface area contributed by atoms with Gasteiger partial charge in [0.05, 0.1) is 0 Å². The van der Waals surface area contributed by atoms with Crippen molar-refractivity contribution in [3.63, 3.8) is 0 Å². The highest BCUT2D eigenvalue weighted by Crippen LogP contribution is 2.25. The Morgan fingerprint density at radius 3 is 2.95 bits per heavy atom. The minimum Gasteiger partial charge on any atom is -0.445 e. The molecule has 0 bridgehead atoms. The Morgan fingerprint density at radius 2 is 2.19 bits per heavy atom. The van der Waals surface area contributed by atoms with Crippen LogP contribution in [0.25, 0.3) is 0 Å². The van der Waals surface area contributed by atoms with Crippen LogP contribution in [0.1, 0.15) is 30.0 Å². The number of benzene rings is 1.